The first-order chi connectivity index (χ1) is 9.74. The Morgan fingerprint density at radius 2 is 2.20 bits per heavy atom. The van der Waals surface area contributed by atoms with Crippen LogP contribution < -0.4 is 10.5 Å². The summed E-state index contributed by atoms with van der Waals surface area (Å²) in [6.45, 7) is 0.220. The van der Waals surface area contributed by atoms with Crippen LogP contribution in [0.4, 0.5) is 0 Å². The van der Waals surface area contributed by atoms with Crippen LogP contribution in [0.2, 0.25) is 5.02 Å². The smallest absolute Gasteiger partial charge is 0.240 e. The van der Waals surface area contributed by atoms with Crippen molar-refractivity contribution in [1.82, 2.24) is 10.1 Å². The molecule has 20 heavy (non-hydrogen) atoms. The number of aryl methyl sites for hydroxylation is 1. The molecule has 2 aromatic rings. The Hall–Kier alpha value is -1.59. The third-order valence-corrected chi connectivity index (χ3v) is 3.91. The molecule has 0 aliphatic heterocycles. The fraction of sp³-hybridized carbons (Fsp3) is 0.429. The normalized spacial score (nSPS) is 14.2. The average Bonchev–Trinajstić information content (AvgIpc) is 2.94. The number of aromatic nitrogens is 2. The van der Waals surface area contributed by atoms with Crippen molar-refractivity contribution in [3.8, 4) is 17.1 Å². The van der Waals surface area contributed by atoms with Crippen LogP contribution in [0.25, 0.3) is 11.4 Å². The van der Waals surface area contributed by atoms with E-state index in [1.54, 1.807) is 7.11 Å². The molecule has 1 aromatic carbocycles. The summed E-state index contributed by atoms with van der Waals surface area (Å²) in [5.41, 5.74) is 8.83. The molecule has 0 spiro atoms. The minimum absolute atomic E-state index is 0.220. The molecule has 0 saturated carbocycles. The van der Waals surface area contributed by atoms with Crippen LogP contribution >= 0.6 is 11.6 Å². The first-order valence-electron chi connectivity index (χ1n) is 6.66. The Bertz CT molecular complexity index is 640. The van der Waals surface area contributed by atoms with E-state index in [9.17, 15) is 0 Å². The van der Waals surface area contributed by atoms with Gasteiger partial charge in [0.15, 0.2) is 0 Å². The van der Waals surface area contributed by atoms with E-state index < -0.39 is 0 Å². The van der Waals surface area contributed by atoms with Gasteiger partial charge < -0.3 is 15.0 Å². The fourth-order valence-electron chi connectivity index (χ4n) is 2.72. The number of ether oxygens (including phenoxy) is 1. The molecule has 1 heterocycles. The van der Waals surface area contributed by atoms with E-state index in [-0.39, 0.29) is 6.54 Å². The molecular formula is C14H16ClN3O2. The van der Waals surface area contributed by atoms with Gasteiger partial charge in [0.05, 0.1) is 24.2 Å². The molecular weight excluding hydrogens is 278 g/mol. The van der Waals surface area contributed by atoms with Crippen molar-refractivity contribution in [2.45, 2.75) is 32.2 Å². The number of methoxy groups -OCH3 is 1. The average molecular weight is 294 g/mol. The third kappa shape index (κ3) is 2.17. The zero-order chi connectivity index (χ0) is 14.1. The first kappa shape index (κ1) is 13.4. The number of halogens is 1. The molecule has 0 amide bonds. The summed E-state index contributed by atoms with van der Waals surface area (Å²) in [7, 11) is 1.60. The van der Waals surface area contributed by atoms with Gasteiger partial charge in [-0.1, -0.05) is 16.8 Å². The molecule has 1 aliphatic carbocycles. The molecule has 6 heteroatoms. The van der Waals surface area contributed by atoms with Gasteiger partial charge in [0.1, 0.15) is 5.75 Å². The van der Waals surface area contributed by atoms with Crippen molar-refractivity contribution in [2.24, 2.45) is 5.73 Å². The zero-order valence-corrected chi connectivity index (χ0v) is 12.0. The second-order valence-corrected chi connectivity index (χ2v) is 5.23. The second-order valence-electron chi connectivity index (χ2n) is 4.83. The Kier molecular flexibility index (Phi) is 3.63. The standard InChI is InChI=1S/C14H16ClN3O2/c1-19-13-10(15)6-8-4-2-3-5-9(8)12(13)14-17-11(7-16)20-18-14/h6H,2-5,7,16H2,1H3. The SMILES string of the molecule is COc1c(Cl)cc2c(c1-c1noc(CN)n1)CCCC2. The lowest BCUT2D eigenvalue weighted by atomic mass is 9.87. The quantitative estimate of drug-likeness (QED) is 0.942. The Morgan fingerprint density at radius 3 is 2.90 bits per heavy atom. The molecule has 5 nitrogen and oxygen atoms in total. The molecule has 0 saturated heterocycles. The van der Waals surface area contributed by atoms with E-state index in [1.165, 1.54) is 17.5 Å². The summed E-state index contributed by atoms with van der Waals surface area (Å²) in [6, 6.07) is 1.99. The molecule has 0 radical (unpaired) electrons. The predicted octanol–water partition coefficient (Wildman–Crippen LogP) is 2.74. The lowest BCUT2D eigenvalue weighted by molar-refractivity contribution is 0.379. The van der Waals surface area contributed by atoms with Gasteiger partial charge in [0, 0.05) is 0 Å². The van der Waals surface area contributed by atoms with Gasteiger partial charge in [-0.2, -0.15) is 4.98 Å². The molecule has 1 aromatic heterocycles. The predicted molar refractivity (Wildman–Crippen MR) is 75.8 cm³/mol. The highest BCUT2D eigenvalue weighted by molar-refractivity contribution is 6.32. The minimum atomic E-state index is 0.220. The van der Waals surface area contributed by atoms with Crippen LogP contribution in [0.3, 0.4) is 0 Å². The molecule has 0 fully saturated rings. The number of hydrogen-bond acceptors (Lipinski definition) is 5. The largest absolute Gasteiger partial charge is 0.494 e. The summed E-state index contributed by atoms with van der Waals surface area (Å²) >= 11 is 6.32. The van der Waals surface area contributed by atoms with Crippen molar-refractivity contribution in [1.29, 1.82) is 0 Å². The maximum atomic E-state index is 6.32. The monoisotopic (exact) mass is 293 g/mol. The second kappa shape index (κ2) is 5.42. The molecule has 106 valence electrons. The number of rotatable bonds is 3. The van der Waals surface area contributed by atoms with Crippen LogP contribution in [0.1, 0.15) is 29.9 Å². The summed E-state index contributed by atoms with van der Waals surface area (Å²) in [6.07, 6.45) is 4.32. The maximum Gasteiger partial charge on any atom is 0.240 e. The van der Waals surface area contributed by atoms with Crippen LogP contribution in [-0.4, -0.2) is 17.3 Å². The van der Waals surface area contributed by atoms with E-state index in [0.717, 1.165) is 24.8 Å². The van der Waals surface area contributed by atoms with Gasteiger partial charge in [-0.25, -0.2) is 0 Å². The third-order valence-electron chi connectivity index (χ3n) is 3.63. The lowest BCUT2D eigenvalue weighted by Gasteiger charge is -2.21. The molecule has 3 rings (SSSR count). The van der Waals surface area contributed by atoms with Gasteiger partial charge in [-0.15, -0.1) is 0 Å². The number of benzene rings is 1. The van der Waals surface area contributed by atoms with E-state index in [4.69, 9.17) is 26.6 Å². The number of hydrogen-bond donors (Lipinski definition) is 1. The molecule has 0 unspecified atom stereocenters. The fourth-order valence-corrected chi connectivity index (χ4v) is 3.03. The zero-order valence-electron chi connectivity index (χ0n) is 11.3. The summed E-state index contributed by atoms with van der Waals surface area (Å²) in [4.78, 5) is 4.32. The van der Waals surface area contributed by atoms with Crippen LogP contribution in [0, 0.1) is 0 Å². The number of nitrogens with zero attached hydrogens (tertiary/aromatic N) is 2. The summed E-state index contributed by atoms with van der Waals surface area (Å²) in [5.74, 6) is 1.52. The van der Waals surface area contributed by atoms with Crippen molar-refractivity contribution >= 4 is 11.6 Å². The Labute approximate surface area is 122 Å². The highest BCUT2D eigenvalue weighted by atomic mass is 35.5. The molecule has 0 bridgehead atoms. The molecule has 1 aliphatic rings. The van der Waals surface area contributed by atoms with Gasteiger partial charge >= 0.3 is 0 Å². The first-order valence-corrected chi connectivity index (χ1v) is 7.03. The van der Waals surface area contributed by atoms with Gasteiger partial charge in [-0.05, 0) is 42.9 Å². The van der Waals surface area contributed by atoms with Crippen molar-refractivity contribution < 1.29 is 9.26 Å². The highest BCUT2D eigenvalue weighted by Crippen LogP contribution is 2.42. The van der Waals surface area contributed by atoms with E-state index in [1.807, 2.05) is 6.07 Å². The highest BCUT2D eigenvalue weighted by Gasteiger charge is 2.24. The van der Waals surface area contributed by atoms with Crippen molar-refractivity contribution in [2.75, 3.05) is 7.11 Å². The molecule has 2 N–H and O–H groups in total. The van der Waals surface area contributed by atoms with Crippen molar-refractivity contribution in [3.05, 3.63) is 28.1 Å². The molecule has 0 atom stereocenters. The van der Waals surface area contributed by atoms with Gasteiger partial charge in [0.25, 0.3) is 0 Å². The van der Waals surface area contributed by atoms with Crippen LogP contribution in [0.15, 0.2) is 10.6 Å². The summed E-state index contributed by atoms with van der Waals surface area (Å²) in [5, 5.41) is 4.60. The number of fused-ring (bicyclic) bond motifs is 1. The Morgan fingerprint density at radius 1 is 1.40 bits per heavy atom. The van der Waals surface area contributed by atoms with Crippen LogP contribution in [-0.2, 0) is 19.4 Å². The van der Waals surface area contributed by atoms with Crippen LogP contribution in [0.5, 0.6) is 5.75 Å². The van der Waals surface area contributed by atoms with Gasteiger partial charge in [0.2, 0.25) is 11.7 Å². The van der Waals surface area contributed by atoms with E-state index >= 15 is 0 Å². The van der Waals surface area contributed by atoms with E-state index in [2.05, 4.69) is 10.1 Å². The minimum Gasteiger partial charge on any atom is -0.494 e. The van der Waals surface area contributed by atoms with Crippen molar-refractivity contribution in [3.63, 3.8) is 0 Å². The maximum absolute atomic E-state index is 6.32. The van der Waals surface area contributed by atoms with Gasteiger partial charge in [-0.3, -0.25) is 0 Å². The topological polar surface area (TPSA) is 74.2 Å². The van der Waals surface area contributed by atoms with E-state index in [0.29, 0.717) is 22.5 Å². The summed E-state index contributed by atoms with van der Waals surface area (Å²) < 4.78 is 10.6. The Balaban J connectivity index is 2.23. The number of nitrogens with two attached hydrogens (primary N) is 1. The lowest BCUT2D eigenvalue weighted by Crippen LogP contribution is -2.07.